The van der Waals surface area contributed by atoms with Gasteiger partial charge in [0.15, 0.2) is 0 Å². The van der Waals surface area contributed by atoms with Crippen LogP contribution in [0.15, 0.2) is 36.5 Å². The summed E-state index contributed by atoms with van der Waals surface area (Å²) < 4.78 is 0. The van der Waals surface area contributed by atoms with Crippen molar-refractivity contribution in [1.82, 2.24) is 5.73 Å². The van der Waals surface area contributed by atoms with Gasteiger partial charge in [0.25, 0.3) is 0 Å². The predicted molar refractivity (Wildman–Crippen MR) is 37.6 cm³/mol. The number of rotatable bonds is 1. The molecule has 0 aliphatic carbocycles. The summed E-state index contributed by atoms with van der Waals surface area (Å²) in [6.45, 7) is 0. The molecule has 0 aliphatic heterocycles. The van der Waals surface area contributed by atoms with E-state index in [2.05, 4.69) is 0 Å². The molecule has 1 aromatic carbocycles. The Hall–Kier alpha value is -1.24. The molecule has 0 saturated carbocycles. The summed E-state index contributed by atoms with van der Waals surface area (Å²) in [6, 6.07) is 9.64. The predicted octanol–water partition coefficient (Wildman–Crippen LogP) is 1.73. The van der Waals surface area contributed by atoms with Gasteiger partial charge in [0, 0.05) is 0 Å². The molecule has 0 N–H and O–H groups in total. The lowest BCUT2D eigenvalue weighted by molar-refractivity contribution is 1.54. The Bertz CT molecular complexity index is 189. The van der Waals surface area contributed by atoms with Crippen LogP contribution < -0.4 is 5.73 Å². The van der Waals surface area contributed by atoms with Crippen molar-refractivity contribution in [2.75, 3.05) is 0 Å². The number of nitrogens with zero attached hydrogens (tertiary/aromatic N) is 1. The van der Waals surface area contributed by atoms with Crippen LogP contribution >= 0.6 is 0 Å². The highest BCUT2D eigenvalue weighted by atomic mass is 14.5. The Morgan fingerprint density at radius 3 is 2.33 bits per heavy atom. The van der Waals surface area contributed by atoms with Crippen molar-refractivity contribution >= 4 is 6.08 Å². The summed E-state index contributed by atoms with van der Waals surface area (Å²) in [5, 5.41) is 0. The normalized spacial score (nSPS) is 10.2. The van der Waals surface area contributed by atoms with Crippen LogP contribution in [0.25, 0.3) is 6.08 Å². The fourth-order valence-electron chi connectivity index (χ4n) is 0.650. The molecule has 0 aliphatic rings. The Kier molecular flexibility index (Phi) is 1.91. The fraction of sp³-hybridized carbons (Fsp3) is 0. The second kappa shape index (κ2) is 2.92. The average Bonchev–Trinajstić information content (AvgIpc) is 1.91. The van der Waals surface area contributed by atoms with Crippen LogP contribution in [0, 0.1) is 0 Å². The molecule has 9 heavy (non-hydrogen) atoms. The highest BCUT2D eigenvalue weighted by molar-refractivity contribution is 5.47. The lowest BCUT2D eigenvalue weighted by Gasteiger charge is -1.86. The van der Waals surface area contributed by atoms with Gasteiger partial charge in [-0.3, -0.25) is 0 Å². The van der Waals surface area contributed by atoms with Crippen LogP contribution in [0.5, 0.6) is 0 Å². The van der Waals surface area contributed by atoms with Crippen molar-refractivity contribution in [3.05, 3.63) is 42.1 Å². The molecule has 44 valence electrons. The van der Waals surface area contributed by atoms with E-state index >= 15 is 0 Å². The quantitative estimate of drug-likeness (QED) is 0.534. The Balaban J connectivity index is 2.85. The van der Waals surface area contributed by atoms with Crippen LogP contribution in [0.4, 0.5) is 0 Å². The van der Waals surface area contributed by atoms with Crippen molar-refractivity contribution in [2.24, 2.45) is 0 Å². The molecule has 0 spiro atoms. The van der Waals surface area contributed by atoms with Crippen molar-refractivity contribution in [3.8, 4) is 0 Å². The Morgan fingerprint density at radius 2 is 1.78 bits per heavy atom. The van der Waals surface area contributed by atoms with E-state index in [1.165, 1.54) is 0 Å². The van der Waals surface area contributed by atoms with Crippen LogP contribution in [0.3, 0.4) is 0 Å². The molecule has 0 fully saturated rings. The number of benzene rings is 1. The van der Waals surface area contributed by atoms with E-state index in [1.807, 2.05) is 30.3 Å². The van der Waals surface area contributed by atoms with E-state index in [1.54, 1.807) is 6.08 Å². The maximum Gasteiger partial charge on any atom is 0.0501 e. The smallest absolute Gasteiger partial charge is 0.0501 e. The van der Waals surface area contributed by atoms with Gasteiger partial charge in [-0.25, -0.2) is 0 Å². The summed E-state index contributed by atoms with van der Waals surface area (Å²) in [6.07, 6.45) is 2.68. The first kappa shape index (κ1) is 5.89. The molecule has 1 nitrogen and oxygen atoms in total. The molecule has 1 rings (SSSR count). The zero-order valence-electron chi connectivity index (χ0n) is 4.99. The molecule has 0 heterocycles. The van der Waals surface area contributed by atoms with E-state index in [-0.39, 0.29) is 0 Å². The minimum atomic E-state index is 1.01. The van der Waals surface area contributed by atoms with Gasteiger partial charge in [-0.15, -0.1) is 0 Å². The molecular formula is C8H7N. The van der Waals surface area contributed by atoms with Crippen molar-refractivity contribution in [2.45, 2.75) is 0 Å². The second-order valence-electron chi connectivity index (χ2n) is 1.73. The van der Waals surface area contributed by atoms with E-state index in [9.17, 15) is 0 Å². The van der Waals surface area contributed by atoms with Crippen molar-refractivity contribution < 1.29 is 0 Å². The highest BCUT2D eigenvalue weighted by Gasteiger charge is 1.78. The highest BCUT2D eigenvalue weighted by Crippen LogP contribution is 1.98. The third-order valence-electron chi connectivity index (χ3n) is 1.07. The monoisotopic (exact) mass is 117 g/mol. The molecule has 1 heteroatoms. The number of hydrogen-bond donors (Lipinski definition) is 0. The van der Waals surface area contributed by atoms with Gasteiger partial charge in [0.05, 0.1) is 6.20 Å². The first-order valence-corrected chi connectivity index (χ1v) is 2.79. The van der Waals surface area contributed by atoms with Gasteiger partial charge in [-0.1, -0.05) is 30.3 Å². The molecule has 0 bridgehead atoms. The molecule has 0 amide bonds. The molecule has 0 atom stereocenters. The van der Waals surface area contributed by atoms with Gasteiger partial charge >= 0.3 is 0 Å². The summed E-state index contributed by atoms with van der Waals surface area (Å²) in [5.41, 5.74) is 9.35. The SMILES string of the molecule is [N]C=Cc1ccccc1. The van der Waals surface area contributed by atoms with E-state index in [4.69, 9.17) is 5.73 Å². The fourth-order valence-corrected chi connectivity index (χ4v) is 0.650. The van der Waals surface area contributed by atoms with Gasteiger partial charge in [0.2, 0.25) is 0 Å². The van der Waals surface area contributed by atoms with Crippen LogP contribution in [-0.4, -0.2) is 0 Å². The Morgan fingerprint density at radius 1 is 1.11 bits per heavy atom. The van der Waals surface area contributed by atoms with Gasteiger partial charge in [-0.05, 0) is 11.6 Å². The van der Waals surface area contributed by atoms with Crippen molar-refractivity contribution in [1.29, 1.82) is 0 Å². The molecule has 2 radical (unpaired) electrons. The summed E-state index contributed by atoms with van der Waals surface area (Å²) >= 11 is 0. The molecular weight excluding hydrogens is 110 g/mol. The third kappa shape index (κ3) is 1.61. The van der Waals surface area contributed by atoms with Gasteiger partial charge in [-0.2, -0.15) is 5.73 Å². The van der Waals surface area contributed by atoms with Gasteiger partial charge < -0.3 is 0 Å². The van der Waals surface area contributed by atoms with E-state index < -0.39 is 0 Å². The topological polar surface area (TPSA) is 22.3 Å². The van der Waals surface area contributed by atoms with Crippen LogP contribution in [-0.2, 0) is 0 Å². The maximum atomic E-state index is 8.34. The minimum absolute atomic E-state index is 1.01. The Labute approximate surface area is 54.8 Å². The standard InChI is InChI=1S/C8H7N/c9-7-6-8-4-2-1-3-5-8/h1-7H. The second-order valence-corrected chi connectivity index (χ2v) is 1.73. The van der Waals surface area contributed by atoms with E-state index in [0.717, 1.165) is 11.8 Å². The average molecular weight is 117 g/mol. The minimum Gasteiger partial charge on any atom is -0.159 e. The molecule has 1 aromatic rings. The molecule has 0 saturated heterocycles. The van der Waals surface area contributed by atoms with Crippen molar-refractivity contribution in [3.63, 3.8) is 0 Å². The molecule has 0 unspecified atom stereocenters. The lowest BCUT2D eigenvalue weighted by atomic mass is 10.2. The first-order valence-electron chi connectivity index (χ1n) is 2.79. The lowest BCUT2D eigenvalue weighted by Crippen LogP contribution is -1.67. The van der Waals surface area contributed by atoms with E-state index in [0.29, 0.717) is 0 Å². The third-order valence-corrected chi connectivity index (χ3v) is 1.07. The maximum absolute atomic E-state index is 8.34. The number of hydrogen-bond acceptors (Lipinski definition) is 0. The molecule has 0 aromatic heterocycles. The summed E-state index contributed by atoms with van der Waals surface area (Å²) in [4.78, 5) is 0. The summed E-state index contributed by atoms with van der Waals surface area (Å²) in [7, 11) is 0. The zero-order valence-corrected chi connectivity index (χ0v) is 4.99. The summed E-state index contributed by atoms with van der Waals surface area (Å²) in [5.74, 6) is 0. The first-order chi connectivity index (χ1) is 4.43. The van der Waals surface area contributed by atoms with Crippen LogP contribution in [0.2, 0.25) is 0 Å². The van der Waals surface area contributed by atoms with Gasteiger partial charge in [0.1, 0.15) is 0 Å². The zero-order chi connectivity index (χ0) is 6.53. The largest absolute Gasteiger partial charge is 0.159 e. The van der Waals surface area contributed by atoms with Crippen LogP contribution in [0.1, 0.15) is 5.56 Å².